The number of rotatable bonds is 8. The second-order valence-electron chi connectivity index (χ2n) is 12.3. The van der Waals surface area contributed by atoms with E-state index in [1.165, 1.54) is 86.3 Å². The Hall–Kier alpha value is -4.50. The number of benzene rings is 5. The first kappa shape index (κ1) is 30.2. The van der Waals surface area contributed by atoms with Gasteiger partial charge in [0.1, 0.15) is 0 Å². The summed E-state index contributed by atoms with van der Waals surface area (Å²) in [6, 6.07) is 49.3. The lowest BCUT2D eigenvalue weighted by Gasteiger charge is -2.10. The molecule has 0 saturated heterocycles. The van der Waals surface area contributed by atoms with Crippen molar-refractivity contribution in [3.05, 3.63) is 178 Å². The minimum atomic E-state index is 0.920. The van der Waals surface area contributed by atoms with E-state index in [9.17, 15) is 0 Å². The molecule has 2 heterocycles. The van der Waals surface area contributed by atoms with E-state index in [4.69, 9.17) is 0 Å². The van der Waals surface area contributed by atoms with Gasteiger partial charge in [0.25, 0.3) is 0 Å². The molecule has 7 aromatic rings. The van der Waals surface area contributed by atoms with Crippen LogP contribution in [0.5, 0.6) is 0 Å². The molecule has 0 atom stereocenters. The molecular formula is C44H38S2. The molecule has 5 aromatic carbocycles. The maximum Gasteiger partial charge on any atom is 0.0384 e. The standard InChI is InChI=1S/C44H38S2/c1-29-14-5-9-18-33(29)24-37-27-41(39-22-11-7-16-31(39)3)45-43(37)35-20-13-21-36(26-35)44-38(25-34-19-10-6-15-30(34)2)28-42(46-44)40-23-12-8-17-32(40)4/h5-23,26-28H,24-25H2,1-4H3. The lowest BCUT2D eigenvalue weighted by atomic mass is 9.95. The fourth-order valence-electron chi connectivity index (χ4n) is 6.40. The number of thiophene rings is 2. The van der Waals surface area contributed by atoms with Gasteiger partial charge in [0.15, 0.2) is 0 Å². The van der Waals surface area contributed by atoms with Crippen molar-refractivity contribution in [2.24, 2.45) is 0 Å². The molecular weight excluding hydrogens is 593 g/mol. The topological polar surface area (TPSA) is 0 Å². The minimum Gasteiger partial charge on any atom is -0.135 e. The van der Waals surface area contributed by atoms with Gasteiger partial charge in [-0.1, -0.05) is 115 Å². The van der Waals surface area contributed by atoms with Gasteiger partial charge in [-0.2, -0.15) is 0 Å². The van der Waals surface area contributed by atoms with Gasteiger partial charge in [0.2, 0.25) is 0 Å². The predicted molar refractivity (Wildman–Crippen MR) is 201 cm³/mol. The van der Waals surface area contributed by atoms with Crippen LogP contribution >= 0.6 is 22.7 Å². The summed E-state index contributed by atoms with van der Waals surface area (Å²) in [6.07, 6.45) is 1.84. The monoisotopic (exact) mass is 630 g/mol. The quantitative estimate of drug-likeness (QED) is 0.157. The minimum absolute atomic E-state index is 0.920. The molecule has 0 spiro atoms. The fraction of sp³-hybridized carbons (Fsp3) is 0.136. The summed E-state index contributed by atoms with van der Waals surface area (Å²) < 4.78 is 0. The van der Waals surface area contributed by atoms with Crippen molar-refractivity contribution < 1.29 is 0 Å². The summed E-state index contributed by atoms with van der Waals surface area (Å²) in [7, 11) is 0. The highest BCUT2D eigenvalue weighted by Gasteiger charge is 2.18. The predicted octanol–water partition coefficient (Wildman–Crippen LogP) is 12.9. The van der Waals surface area contributed by atoms with Crippen molar-refractivity contribution in [2.75, 3.05) is 0 Å². The number of hydrogen-bond acceptors (Lipinski definition) is 2. The largest absolute Gasteiger partial charge is 0.135 e. The maximum absolute atomic E-state index is 2.44. The molecule has 0 fully saturated rings. The first-order valence-corrected chi connectivity index (χ1v) is 17.6. The van der Waals surface area contributed by atoms with Gasteiger partial charge >= 0.3 is 0 Å². The van der Waals surface area contributed by atoms with Gasteiger partial charge in [0, 0.05) is 19.5 Å². The lowest BCUT2D eigenvalue weighted by molar-refractivity contribution is 1.17. The summed E-state index contributed by atoms with van der Waals surface area (Å²) in [6.45, 7) is 8.89. The molecule has 0 N–H and O–H groups in total. The number of hydrogen-bond donors (Lipinski definition) is 0. The van der Waals surface area contributed by atoms with Crippen LogP contribution in [0, 0.1) is 27.7 Å². The van der Waals surface area contributed by atoms with E-state index < -0.39 is 0 Å². The highest BCUT2D eigenvalue weighted by molar-refractivity contribution is 7.19. The molecule has 0 nitrogen and oxygen atoms in total. The number of aryl methyl sites for hydroxylation is 4. The zero-order valence-electron chi connectivity index (χ0n) is 26.9. The molecule has 7 rings (SSSR count). The smallest absolute Gasteiger partial charge is 0.0384 e. The molecule has 0 radical (unpaired) electrons. The Morgan fingerprint density at radius 1 is 0.370 bits per heavy atom. The highest BCUT2D eigenvalue weighted by atomic mass is 32.1. The molecule has 0 aliphatic heterocycles. The third-order valence-electron chi connectivity index (χ3n) is 9.11. The highest BCUT2D eigenvalue weighted by Crippen LogP contribution is 2.44. The first-order valence-electron chi connectivity index (χ1n) is 16.0. The Bertz CT molecular complexity index is 2000. The Balaban J connectivity index is 1.36. The molecule has 0 aliphatic carbocycles. The van der Waals surface area contributed by atoms with Crippen LogP contribution < -0.4 is 0 Å². The van der Waals surface area contributed by atoms with E-state index in [2.05, 4.69) is 161 Å². The van der Waals surface area contributed by atoms with Crippen LogP contribution in [0.4, 0.5) is 0 Å². The third-order valence-corrected chi connectivity index (χ3v) is 11.6. The molecule has 0 unspecified atom stereocenters. The second-order valence-corrected chi connectivity index (χ2v) is 14.5. The summed E-state index contributed by atoms with van der Waals surface area (Å²) in [5, 5.41) is 0. The fourth-order valence-corrected chi connectivity index (χ4v) is 8.94. The lowest BCUT2D eigenvalue weighted by Crippen LogP contribution is -1.93. The summed E-state index contributed by atoms with van der Waals surface area (Å²) in [5.74, 6) is 0. The molecule has 2 heteroatoms. The van der Waals surface area contributed by atoms with Crippen LogP contribution in [0.1, 0.15) is 44.5 Å². The van der Waals surface area contributed by atoms with Gasteiger partial charge in [-0.15, -0.1) is 22.7 Å². The zero-order chi connectivity index (χ0) is 31.6. The molecule has 0 aliphatic rings. The van der Waals surface area contributed by atoms with E-state index in [0.29, 0.717) is 0 Å². The van der Waals surface area contributed by atoms with Crippen LogP contribution in [-0.2, 0) is 12.8 Å². The summed E-state index contributed by atoms with van der Waals surface area (Å²) >= 11 is 3.85. The molecule has 46 heavy (non-hydrogen) atoms. The average molecular weight is 631 g/mol. The SMILES string of the molecule is Cc1ccccc1Cc1cc(-c2ccccc2C)sc1-c1cccc(-c2sc(-c3ccccc3C)cc2Cc2ccccc2C)c1. The second kappa shape index (κ2) is 13.1. The Morgan fingerprint density at radius 2 is 0.761 bits per heavy atom. The van der Waals surface area contributed by atoms with E-state index in [-0.39, 0.29) is 0 Å². The molecule has 0 bridgehead atoms. The Labute approximate surface area is 281 Å². The molecule has 2 aromatic heterocycles. The van der Waals surface area contributed by atoms with Gasteiger partial charge in [0.05, 0.1) is 0 Å². The van der Waals surface area contributed by atoms with E-state index >= 15 is 0 Å². The molecule has 0 saturated carbocycles. The van der Waals surface area contributed by atoms with Crippen molar-refractivity contribution in [1.82, 2.24) is 0 Å². The Kier molecular flexibility index (Phi) is 8.58. The summed E-state index contributed by atoms with van der Waals surface area (Å²) in [4.78, 5) is 5.39. The van der Waals surface area contributed by atoms with E-state index in [1.807, 2.05) is 22.7 Å². The maximum atomic E-state index is 2.44. The first-order chi connectivity index (χ1) is 22.4. The van der Waals surface area contributed by atoms with Gasteiger partial charge in [-0.3, -0.25) is 0 Å². The van der Waals surface area contributed by atoms with Crippen LogP contribution in [0.3, 0.4) is 0 Å². The van der Waals surface area contributed by atoms with Crippen molar-refractivity contribution >= 4 is 22.7 Å². The van der Waals surface area contributed by atoms with Gasteiger partial charge in [-0.05, 0) is 125 Å². The van der Waals surface area contributed by atoms with Crippen molar-refractivity contribution in [3.8, 4) is 41.8 Å². The van der Waals surface area contributed by atoms with Crippen molar-refractivity contribution in [1.29, 1.82) is 0 Å². The third kappa shape index (κ3) is 6.16. The van der Waals surface area contributed by atoms with Crippen molar-refractivity contribution in [2.45, 2.75) is 40.5 Å². The van der Waals surface area contributed by atoms with Crippen LogP contribution in [-0.4, -0.2) is 0 Å². The van der Waals surface area contributed by atoms with Crippen molar-refractivity contribution in [3.63, 3.8) is 0 Å². The normalized spacial score (nSPS) is 11.2. The summed E-state index contributed by atoms with van der Waals surface area (Å²) in [5.41, 5.74) is 16.1. The van der Waals surface area contributed by atoms with E-state index in [0.717, 1.165) is 12.8 Å². The average Bonchev–Trinajstić information content (AvgIpc) is 3.68. The van der Waals surface area contributed by atoms with Crippen LogP contribution in [0.2, 0.25) is 0 Å². The van der Waals surface area contributed by atoms with Gasteiger partial charge < -0.3 is 0 Å². The van der Waals surface area contributed by atoms with Crippen LogP contribution in [0.25, 0.3) is 41.8 Å². The molecule has 226 valence electrons. The van der Waals surface area contributed by atoms with E-state index in [1.54, 1.807) is 0 Å². The Morgan fingerprint density at radius 3 is 1.17 bits per heavy atom. The zero-order valence-corrected chi connectivity index (χ0v) is 28.6. The molecule has 0 amide bonds. The van der Waals surface area contributed by atoms with Gasteiger partial charge in [-0.25, -0.2) is 0 Å². The van der Waals surface area contributed by atoms with Crippen LogP contribution in [0.15, 0.2) is 133 Å².